The Morgan fingerprint density at radius 2 is 2.08 bits per heavy atom. The normalized spacial score (nSPS) is 11.2. The molecular weight excluding hydrogens is 156 g/mol. The van der Waals surface area contributed by atoms with E-state index < -0.39 is 0 Å². The van der Waals surface area contributed by atoms with E-state index in [-0.39, 0.29) is 11.5 Å². The predicted octanol–water partition coefficient (Wildman–Crippen LogP) is 0.849. The van der Waals surface area contributed by atoms with Crippen LogP contribution in [0.1, 0.15) is 12.5 Å². The molecule has 4 heteroatoms. The van der Waals surface area contributed by atoms with Crippen LogP contribution in [0.5, 0.6) is 0 Å². The van der Waals surface area contributed by atoms with E-state index in [0.717, 1.165) is 0 Å². The molecule has 0 aliphatic heterocycles. The lowest BCUT2D eigenvalue weighted by atomic mass is 10.1. The van der Waals surface area contributed by atoms with Gasteiger partial charge in [0, 0.05) is 24.9 Å². The van der Waals surface area contributed by atoms with Gasteiger partial charge in [0.05, 0.1) is 0 Å². The standard InChI is InChI=1S/C8H8N2O2/c1-6(11)8(10-12)7-2-4-9-5-3-7/h2-5,12H,1H3/b10-8+. The van der Waals surface area contributed by atoms with Crippen molar-refractivity contribution >= 4 is 11.5 Å². The summed E-state index contributed by atoms with van der Waals surface area (Å²) < 4.78 is 0. The first-order valence-corrected chi connectivity index (χ1v) is 3.39. The molecule has 0 spiro atoms. The first kappa shape index (κ1) is 8.39. The van der Waals surface area contributed by atoms with Crippen LogP contribution in [0.15, 0.2) is 29.7 Å². The number of carbonyl (C=O) groups excluding carboxylic acids is 1. The first-order chi connectivity index (χ1) is 5.75. The summed E-state index contributed by atoms with van der Waals surface area (Å²) in [6.07, 6.45) is 3.06. The molecule has 0 unspecified atom stereocenters. The molecule has 0 saturated carbocycles. The Kier molecular flexibility index (Phi) is 2.53. The van der Waals surface area contributed by atoms with Crippen molar-refractivity contribution in [2.45, 2.75) is 6.92 Å². The second-order valence-electron chi connectivity index (χ2n) is 2.24. The van der Waals surface area contributed by atoms with E-state index in [2.05, 4.69) is 10.1 Å². The van der Waals surface area contributed by atoms with Crippen molar-refractivity contribution in [3.63, 3.8) is 0 Å². The van der Waals surface area contributed by atoms with Gasteiger partial charge < -0.3 is 5.21 Å². The Morgan fingerprint density at radius 1 is 1.50 bits per heavy atom. The van der Waals surface area contributed by atoms with Crippen LogP contribution in [0, 0.1) is 0 Å². The summed E-state index contributed by atoms with van der Waals surface area (Å²) in [5.41, 5.74) is 0.623. The molecule has 0 radical (unpaired) electrons. The molecule has 12 heavy (non-hydrogen) atoms. The van der Waals surface area contributed by atoms with Crippen LogP contribution in [0.3, 0.4) is 0 Å². The molecule has 4 nitrogen and oxygen atoms in total. The monoisotopic (exact) mass is 164 g/mol. The van der Waals surface area contributed by atoms with Crippen molar-refractivity contribution in [2.24, 2.45) is 5.16 Å². The fourth-order valence-corrected chi connectivity index (χ4v) is 0.841. The van der Waals surface area contributed by atoms with E-state index in [0.29, 0.717) is 5.56 Å². The molecule has 0 bridgehead atoms. The van der Waals surface area contributed by atoms with E-state index in [1.54, 1.807) is 12.1 Å². The maximum atomic E-state index is 10.9. The molecule has 0 aliphatic carbocycles. The fourth-order valence-electron chi connectivity index (χ4n) is 0.841. The maximum absolute atomic E-state index is 10.9. The van der Waals surface area contributed by atoms with Crippen LogP contribution in [0.4, 0.5) is 0 Å². The summed E-state index contributed by atoms with van der Waals surface area (Å²) in [6, 6.07) is 3.22. The second kappa shape index (κ2) is 3.61. The number of rotatable bonds is 2. The number of hydrogen-bond donors (Lipinski definition) is 1. The molecule has 0 fully saturated rings. The maximum Gasteiger partial charge on any atom is 0.182 e. The van der Waals surface area contributed by atoms with Gasteiger partial charge in [0.1, 0.15) is 0 Å². The van der Waals surface area contributed by atoms with Gasteiger partial charge in [-0.25, -0.2) is 0 Å². The van der Waals surface area contributed by atoms with Gasteiger partial charge in [-0.05, 0) is 12.1 Å². The van der Waals surface area contributed by atoms with Gasteiger partial charge in [-0.2, -0.15) is 0 Å². The van der Waals surface area contributed by atoms with Gasteiger partial charge in [0.15, 0.2) is 11.5 Å². The van der Waals surface area contributed by atoms with E-state index in [1.807, 2.05) is 0 Å². The number of oxime groups is 1. The van der Waals surface area contributed by atoms with Crippen LogP contribution in [0.25, 0.3) is 0 Å². The Morgan fingerprint density at radius 3 is 2.50 bits per heavy atom. The summed E-state index contributed by atoms with van der Waals surface area (Å²) in [5, 5.41) is 11.4. The van der Waals surface area contributed by atoms with Gasteiger partial charge in [-0.1, -0.05) is 5.16 Å². The molecule has 1 heterocycles. The quantitative estimate of drug-likeness (QED) is 0.400. The highest BCUT2D eigenvalue weighted by molar-refractivity contribution is 6.45. The van der Waals surface area contributed by atoms with E-state index in [1.165, 1.54) is 19.3 Å². The summed E-state index contributed by atoms with van der Waals surface area (Å²) in [4.78, 5) is 14.6. The molecule has 1 rings (SSSR count). The average molecular weight is 164 g/mol. The van der Waals surface area contributed by atoms with Gasteiger partial charge in [-0.15, -0.1) is 0 Å². The minimum absolute atomic E-state index is 0.0531. The Bertz CT molecular complexity index is 306. The van der Waals surface area contributed by atoms with Gasteiger partial charge in [-0.3, -0.25) is 9.78 Å². The highest BCUT2D eigenvalue weighted by Crippen LogP contribution is 1.99. The summed E-state index contributed by atoms with van der Waals surface area (Å²) in [7, 11) is 0. The summed E-state index contributed by atoms with van der Waals surface area (Å²) in [6.45, 7) is 1.34. The zero-order chi connectivity index (χ0) is 8.97. The fraction of sp³-hybridized carbons (Fsp3) is 0.125. The van der Waals surface area contributed by atoms with Gasteiger partial charge in [0.25, 0.3) is 0 Å². The summed E-state index contributed by atoms with van der Waals surface area (Å²) >= 11 is 0. The molecule has 1 aromatic heterocycles. The van der Waals surface area contributed by atoms with E-state index in [9.17, 15) is 4.79 Å². The highest BCUT2D eigenvalue weighted by Gasteiger charge is 2.08. The van der Waals surface area contributed by atoms with Crippen molar-refractivity contribution in [2.75, 3.05) is 0 Å². The third-order valence-electron chi connectivity index (χ3n) is 1.39. The second-order valence-corrected chi connectivity index (χ2v) is 2.24. The third kappa shape index (κ3) is 1.66. The van der Waals surface area contributed by atoms with Crippen molar-refractivity contribution in [3.05, 3.63) is 30.1 Å². The minimum Gasteiger partial charge on any atom is -0.410 e. The van der Waals surface area contributed by atoms with Crippen molar-refractivity contribution in [1.82, 2.24) is 4.98 Å². The molecular formula is C8H8N2O2. The Labute approximate surface area is 69.6 Å². The lowest BCUT2D eigenvalue weighted by Gasteiger charge is -1.97. The third-order valence-corrected chi connectivity index (χ3v) is 1.39. The molecule has 1 aromatic rings. The zero-order valence-corrected chi connectivity index (χ0v) is 6.56. The number of ketones is 1. The van der Waals surface area contributed by atoms with Gasteiger partial charge >= 0.3 is 0 Å². The minimum atomic E-state index is -0.274. The van der Waals surface area contributed by atoms with Crippen LogP contribution < -0.4 is 0 Å². The largest absolute Gasteiger partial charge is 0.410 e. The Hall–Kier alpha value is -1.71. The number of nitrogens with zero attached hydrogens (tertiary/aromatic N) is 2. The zero-order valence-electron chi connectivity index (χ0n) is 6.56. The number of Topliss-reactive ketones (excluding diaryl/α,β-unsaturated/α-hetero) is 1. The van der Waals surface area contributed by atoms with Crippen LogP contribution in [-0.2, 0) is 4.79 Å². The molecule has 0 atom stereocenters. The van der Waals surface area contributed by atoms with E-state index in [4.69, 9.17) is 5.21 Å². The number of aromatic nitrogens is 1. The van der Waals surface area contributed by atoms with Gasteiger partial charge in [0.2, 0.25) is 0 Å². The lowest BCUT2D eigenvalue weighted by Crippen LogP contribution is -2.11. The van der Waals surface area contributed by atoms with Crippen molar-refractivity contribution in [1.29, 1.82) is 0 Å². The smallest absolute Gasteiger partial charge is 0.182 e. The number of pyridine rings is 1. The molecule has 0 aliphatic rings. The highest BCUT2D eigenvalue weighted by atomic mass is 16.4. The number of hydrogen-bond acceptors (Lipinski definition) is 4. The Balaban J connectivity index is 3.05. The van der Waals surface area contributed by atoms with Crippen LogP contribution in [-0.4, -0.2) is 21.7 Å². The lowest BCUT2D eigenvalue weighted by molar-refractivity contribution is -0.111. The number of carbonyl (C=O) groups is 1. The van der Waals surface area contributed by atoms with E-state index >= 15 is 0 Å². The van der Waals surface area contributed by atoms with Crippen LogP contribution in [0.2, 0.25) is 0 Å². The average Bonchev–Trinajstić information content (AvgIpc) is 2.07. The molecule has 0 amide bonds. The predicted molar refractivity (Wildman–Crippen MR) is 43.2 cm³/mol. The van der Waals surface area contributed by atoms with Crippen molar-refractivity contribution < 1.29 is 10.0 Å². The molecule has 1 N–H and O–H groups in total. The summed E-state index contributed by atoms with van der Waals surface area (Å²) in [5.74, 6) is -0.274. The SMILES string of the molecule is CC(=O)/C(=N\O)c1ccncc1. The molecule has 62 valence electrons. The first-order valence-electron chi connectivity index (χ1n) is 3.39. The van der Waals surface area contributed by atoms with Crippen molar-refractivity contribution in [3.8, 4) is 0 Å². The van der Waals surface area contributed by atoms with Crippen LogP contribution >= 0.6 is 0 Å². The molecule has 0 aromatic carbocycles. The topological polar surface area (TPSA) is 62.5 Å². The molecule has 0 saturated heterocycles.